The van der Waals surface area contributed by atoms with Crippen molar-refractivity contribution in [1.29, 1.82) is 0 Å². The maximum atomic E-state index is 13.8. The molecule has 112 valence electrons. The molecule has 2 aromatic carbocycles. The lowest BCUT2D eigenvalue weighted by Gasteiger charge is -2.21. The summed E-state index contributed by atoms with van der Waals surface area (Å²) in [6.45, 7) is 6.54. The largest absolute Gasteiger partial charge is 0.271 e. The predicted molar refractivity (Wildman–Crippen MR) is 85.3 cm³/mol. The van der Waals surface area contributed by atoms with Gasteiger partial charge in [0.15, 0.2) is 0 Å². The Morgan fingerprint density at radius 1 is 1.05 bits per heavy atom. The summed E-state index contributed by atoms with van der Waals surface area (Å²) in [6, 6.07) is 15.1. The predicted octanol–water partition coefficient (Wildman–Crippen LogP) is 3.87. The molecule has 0 heterocycles. The fourth-order valence-electron chi connectivity index (χ4n) is 2.37. The van der Waals surface area contributed by atoms with E-state index in [-0.39, 0.29) is 17.3 Å². The third-order valence-corrected chi connectivity index (χ3v) is 3.76. The summed E-state index contributed by atoms with van der Waals surface area (Å²) < 4.78 is 13.8. The van der Waals surface area contributed by atoms with E-state index in [4.69, 9.17) is 5.84 Å². The SMILES string of the molecule is CC(C)(C)c1ccc(C(Cc2ccccc2F)NN)cc1. The molecule has 2 rings (SSSR count). The molecule has 21 heavy (non-hydrogen) atoms. The van der Waals surface area contributed by atoms with E-state index in [0.29, 0.717) is 12.0 Å². The molecular weight excluding hydrogens is 263 g/mol. The molecule has 0 aliphatic carbocycles. The zero-order valence-corrected chi connectivity index (χ0v) is 12.9. The summed E-state index contributed by atoms with van der Waals surface area (Å²) in [5.74, 6) is 5.46. The Labute approximate surface area is 126 Å². The highest BCUT2D eigenvalue weighted by molar-refractivity contribution is 5.30. The van der Waals surface area contributed by atoms with E-state index in [1.165, 1.54) is 11.6 Å². The highest BCUT2D eigenvalue weighted by Crippen LogP contribution is 2.25. The molecule has 0 aliphatic heterocycles. The van der Waals surface area contributed by atoms with E-state index in [2.05, 4.69) is 50.5 Å². The average Bonchev–Trinajstić information content (AvgIpc) is 2.46. The van der Waals surface area contributed by atoms with Gasteiger partial charge in [-0.3, -0.25) is 11.3 Å². The molecule has 0 aliphatic rings. The fourth-order valence-corrected chi connectivity index (χ4v) is 2.37. The van der Waals surface area contributed by atoms with Gasteiger partial charge >= 0.3 is 0 Å². The van der Waals surface area contributed by atoms with Gasteiger partial charge in [-0.05, 0) is 34.6 Å². The standard InChI is InChI=1S/C18H23FN2/c1-18(2,3)15-10-8-13(9-11-15)17(21-20)12-14-6-4-5-7-16(14)19/h4-11,17,21H,12,20H2,1-3H3. The quantitative estimate of drug-likeness (QED) is 0.661. The average molecular weight is 286 g/mol. The van der Waals surface area contributed by atoms with Crippen LogP contribution in [0.25, 0.3) is 0 Å². The first-order chi connectivity index (χ1) is 9.91. The first-order valence-corrected chi connectivity index (χ1v) is 7.22. The molecule has 0 amide bonds. The van der Waals surface area contributed by atoms with Gasteiger partial charge in [0.25, 0.3) is 0 Å². The van der Waals surface area contributed by atoms with Crippen molar-refractivity contribution in [2.24, 2.45) is 5.84 Å². The van der Waals surface area contributed by atoms with Crippen LogP contribution in [0.1, 0.15) is 43.5 Å². The molecule has 0 spiro atoms. The molecule has 1 unspecified atom stereocenters. The zero-order chi connectivity index (χ0) is 15.5. The van der Waals surface area contributed by atoms with E-state index in [9.17, 15) is 4.39 Å². The van der Waals surface area contributed by atoms with Crippen LogP contribution in [0.5, 0.6) is 0 Å². The third kappa shape index (κ3) is 3.90. The molecule has 0 bridgehead atoms. The van der Waals surface area contributed by atoms with E-state index < -0.39 is 0 Å². The van der Waals surface area contributed by atoms with Crippen LogP contribution in [0.4, 0.5) is 4.39 Å². The van der Waals surface area contributed by atoms with Gasteiger partial charge in [0.2, 0.25) is 0 Å². The molecule has 0 fully saturated rings. The second kappa shape index (κ2) is 6.37. The van der Waals surface area contributed by atoms with Crippen LogP contribution in [0.2, 0.25) is 0 Å². The molecule has 3 N–H and O–H groups in total. The van der Waals surface area contributed by atoms with Crippen LogP contribution in [-0.2, 0) is 11.8 Å². The van der Waals surface area contributed by atoms with Gasteiger partial charge < -0.3 is 0 Å². The Morgan fingerprint density at radius 2 is 1.67 bits per heavy atom. The maximum Gasteiger partial charge on any atom is 0.126 e. The summed E-state index contributed by atoms with van der Waals surface area (Å²) in [5, 5.41) is 0. The van der Waals surface area contributed by atoms with Gasteiger partial charge in [0, 0.05) is 0 Å². The number of rotatable bonds is 4. The molecular formula is C18H23FN2. The Balaban J connectivity index is 2.20. The van der Waals surface area contributed by atoms with Crippen molar-refractivity contribution in [2.75, 3.05) is 0 Å². The number of hydrogen-bond donors (Lipinski definition) is 2. The molecule has 2 aromatic rings. The van der Waals surface area contributed by atoms with Crippen LogP contribution in [0, 0.1) is 5.82 Å². The lowest BCUT2D eigenvalue weighted by atomic mass is 9.86. The zero-order valence-electron chi connectivity index (χ0n) is 12.9. The van der Waals surface area contributed by atoms with E-state index in [0.717, 1.165) is 5.56 Å². The van der Waals surface area contributed by atoms with Crippen molar-refractivity contribution < 1.29 is 4.39 Å². The fraction of sp³-hybridized carbons (Fsp3) is 0.333. The third-order valence-electron chi connectivity index (χ3n) is 3.76. The molecule has 3 heteroatoms. The lowest BCUT2D eigenvalue weighted by Crippen LogP contribution is -2.29. The van der Waals surface area contributed by atoms with Gasteiger partial charge in [-0.1, -0.05) is 63.2 Å². The summed E-state index contributed by atoms with van der Waals surface area (Å²) in [4.78, 5) is 0. The van der Waals surface area contributed by atoms with E-state index in [1.54, 1.807) is 12.1 Å². The van der Waals surface area contributed by atoms with Crippen molar-refractivity contribution in [2.45, 2.75) is 38.6 Å². The van der Waals surface area contributed by atoms with Crippen molar-refractivity contribution in [3.63, 3.8) is 0 Å². The highest BCUT2D eigenvalue weighted by atomic mass is 19.1. The van der Waals surface area contributed by atoms with Crippen LogP contribution in [-0.4, -0.2) is 0 Å². The molecule has 0 aromatic heterocycles. The second-order valence-corrected chi connectivity index (χ2v) is 6.39. The number of hydrazine groups is 1. The Kier molecular flexibility index (Phi) is 4.76. The number of halogens is 1. The molecule has 0 radical (unpaired) electrons. The van der Waals surface area contributed by atoms with Gasteiger partial charge in [0.1, 0.15) is 5.82 Å². The number of nitrogens with one attached hydrogen (secondary N) is 1. The molecule has 2 nitrogen and oxygen atoms in total. The van der Waals surface area contributed by atoms with Crippen molar-refractivity contribution >= 4 is 0 Å². The van der Waals surface area contributed by atoms with Crippen LogP contribution in [0.15, 0.2) is 48.5 Å². The number of benzene rings is 2. The first-order valence-electron chi connectivity index (χ1n) is 7.22. The number of nitrogens with two attached hydrogens (primary N) is 1. The Morgan fingerprint density at radius 3 is 2.19 bits per heavy atom. The van der Waals surface area contributed by atoms with E-state index >= 15 is 0 Å². The van der Waals surface area contributed by atoms with Gasteiger partial charge in [-0.25, -0.2) is 4.39 Å². The van der Waals surface area contributed by atoms with E-state index in [1.807, 2.05) is 6.07 Å². The van der Waals surface area contributed by atoms with Crippen molar-refractivity contribution in [3.8, 4) is 0 Å². The lowest BCUT2D eigenvalue weighted by molar-refractivity contribution is 0.528. The highest BCUT2D eigenvalue weighted by Gasteiger charge is 2.16. The van der Waals surface area contributed by atoms with Gasteiger partial charge in [-0.2, -0.15) is 0 Å². The first kappa shape index (κ1) is 15.7. The normalized spacial score (nSPS) is 13.2. The smallest absolute Gasteiger partial charge is 0.126 e. The molecule has 0 saturated carbocycles. The maximum absolute atomic E-state index is 13.8. The van der Waals surface area contributed by atoms with Crippen LogP contribution < -0.4 is 11.3 Å². The van der Waals surface area contributed by atoms with Gasteiger partial charge in [0.05, 0.1) is 6.04 Å². The Bertz CT molecular complexity index is 585. The minimum Gasteiger partial charge on any atom is -0.271 e. The van der Waals surface area contributed by atoms with Crippen molar-refractivity contribution in [1.82, 2.24) is 5.43 Å². The molecule has 0 saturated heterocycles. The van der Waals surface area contributed by atoms with Crippen molar-refractivity contribution in [3.05, 3.63) is 71.0 Å². The summed E-state index contributed by atoms with van der Waals surface area (Å²) in [5.41, 5.74) is 5.91. The monoisotopic (exact) mass is 286 g/mol. The summed E-state index contributed by atoms with van der Waals surface area (Å²) >= 11 is 0. The second-order valence-electron chi connectivity index (χ2n) is 6.39. The number of hydrogen-bond acceptors (Lipinski definition) is 2. The minimum absolute atomic E-state index is 0.101. The Hall–Kier alpha value is -1.71. The van der Waals surface area contributed by atoms with Crippen LogP contribution >= 0.6 is 0 Å². The van der Waals surface area contributed by atoms with Gasteiger partial charge in [-0.15, -0.1) is 0 Å². The van der Waals surface area contributed by atoms with Crippen LogP contribution in [0.3, 0.4) is 0 Å². The molecule has 1 atom stereocenters. The minimum atomic E-state index is -0.191. The summed E-state index contributed by atoms with van der Waals surface area (Å²) in [6.07, 6.45) is 0.526. The topological polar surface area (TPSA) is 38.0 Å². The summed E-state index contributed by atoms with van der Waals surface area (Å²) in [7, 11) is 0.